The van der Waals surface area contributed by atoms with E-state index in [9.17, 15) is 0 Å². The molecule has 0 aromatic rings. The van der Waals surface area contributed by atoms with Crippen LogP contribution in [0.3, 0.4) is 0 Å². The summed E-state index contributed by atoms with van der Waals surface area (Å²) in [5.74, 6) is 0.914. The molecule has 0 aromatic carbocycles. The predicted molar refractivity (Wildman–Crippen MR) is 69.1 cm³/mol. The molecule has 0 bridgehead atoms. The van der Waals surface area contributed by atoms with Gasteiger partial charge in [-0.25, -0.2) is 0 Å². The highest BCUT2D eigenvalue weighted by atomic mass is 14.3. The fraction of sp³-hybridized carbons (Fsp3) is 1.00. The Kier molecular flexibility index (Phi) is 5.71. The normalized spacial score (nSPS) is 25.8. The molecule has 0 nitrogen and oxygen atoms in total. The van der Waals surface area contributed by atoms with Crippen molar-refractivity contribution in [2.75, 3.05) is 0 Å². The van der Waals surface area contributed by atoms with Gasteiger partial charge in [0.2, 0.25) is 0 Å². The van der Waals surface area contributed by atoms with Gasteiger partial charge in [0.1, 0.15) is 0 Å². The van der Waals surface area contributed by atoms with Gasteiger partial charge in [0.15, 0.2) is 0 Å². The van der Waals surface area contributed by atoms with Gasteiger partial charge < -0.3 is 0 Å². The van der Waals surface area contributed by atoms with E-state index in [1.807, 2.05) is 0 Å². The van der Waals surface area contributed by atoms with Crippen LogP contribution in [0.1, 0.15) is 85.0 Å². The number of hydrogen-bond donors (Lipinski definition) is 0. The van der Waals surface area contributed by atoms with E-state index < -0.39 is 0 Å². The van der Waals surface area contributed by atoms with Gasteiger partial charge in [-0.1, -0.05) is 72.1 Å². The van der Waals surface area contributed by atoms with Crippen molar-refractivity contribution >= 4 is 0 Å². The van der Waals surface area contributed by atoms with Crippen LogP contribution in [0.4, 0.5) is 0 Å². The molecular formula is C15H30. The zero-order valence-electron chi connectivity index (χ0n) is 11.1. The molecule has 0 aromatic heterocycles. The molecule has 0 amide bonds. The van der Waals surface area contributed by atoms with Gasteiger partial charge in [0.05, 0.1) is 0 Å². The summed E-state index contributed by atoms with van der Waals surface area (Å²) in [6.45, 7) is 7.36. The molecule has 0 aliphatic heterocycles. The Morgan fingerprint density at radius 2 is 1.27 bits per heavy atom. The van der Waals surface area contributed by atoms with Crippen LogP contribution < -0.4 is 0 Å². The predicted octanol–water partition coefficient (Wildman–Crippen LogP) is 5.56. The SMILES string of the molecule is CCC(C)C1(C)CCCCCCCCC1. The highest BCUT2D eigenvalue weighted by Crippen LogP contribution is 2.40. The average Bonchev–Trinajstić information content (AvgIpc) is 2.26. The molecule has 0 saturated heterocycles. The van der Waals surface area contributed by atoms with Crippen LogP contribution in [0, 0.1) is 11.3 Å². The second kappa shape index (κ2) is 6.55. The molecule has 1 unspecified atom stereocenters. The third kappa shape index (κ3) is 4.17. The van der Waals surface area contributed by atoms with Crippen LogP contribution in [0.5, 0.6) is 0 Å². The topological polar surface area (TPSA) is 0 Å². The highest BCUT2D eigenvalue weighted by molar-refractivity contribution is 4.80. The molecule has 1 aliphatic rings. The summed E-state index contributed by atoms with van der Waals surface area (Å²) in [7, 11) is 0. The van der Waals surface area contributed by atoms with Crippen molar-refractivity contribution in [3.63, 3.8) is 0 Å². The van der Waals surface area contributed by atoms with Crippen molar-refractivity contribution in [2.45, 2.75) is 85.0 Å². The van der Waals surface area contributed by atoms with Crippen molar-refractivity contribution < 1.29 is 0 Å². The third-order valence-corrected chi connectivity index (χ3v) is 4.80. The lowest BCUT2D eigenvalue weighted by Gasteiger charge is -2.36. The Bertz CT molecular complexity index is 149. The van der Waals surface area contributed by atoms with E-state index in [0.29, 0.717) is 5.41 Å². The van der Waals surface area contributed by atoms with Gasteiger partial charge in [-0.15, -0.1) is 0 Å². The molecule has 15 heavy (non-hydrogen) atoms. The van der Waals surface area contributed by atoms with E-state index in [1.165, 1.54) is 64.2 Å². The van der Waals surface area contributed by atoms with Crippen molar-refractivity contribution in [3.05, 3.63) is 0 Å². The lowest BCUT2D eigenvalue weighted by molar-refractivity contribution is 0.148. The molecule has 1 saturated carbocycles. The summed E-state index contributed by atoms with van der Waals surface area (Å²) in [6, 6.07) is 0. The summed E-state index contributed by atoms with van der Waals surface area (Å²) in [4.78, 5) is 0. The fourth-order valence-corrected chi connectivity index (χ4v) is 3.05. The largest absolute Gasteiger partial charge is 0.0651 e. The van der Waals surface area contributed by atoms with E-state index in [1.54, 1.807) is 0 Å². The van der Waals surface area contributed by atoms with E-state index in [0.717, 1.165) is 5.92 Å². The lowest BCUT2D eigenvalue weighted by Crippen LogP contribution is -2.25. The molecule has 90 valence electrons. The van der Waals surface area contributed by atoms with E-state index in [-0.39, 0.29) is 0 Å². The van der Waals surface area contributed by atoms with Crippen LogP contribution >= 0.6 is 0 Å². The summed E-state index contributed by atoms with van der Waals surface area (Å²) in [6.07, 6.45) is 14.7. The lowest BCUT2D eigenvalue weighted by atomic mass is 9.69. The van der Waals surface area contributed by atoms with Gasteiger partial charge >= 0.3 is 0 Å². The zero-order valence-corrected chi connectivity index (χ0v) is 11.1. The second-order valence-electron chi connectivity index (χ2n) is 5.94. The maximum atomic E-state index is 2.54. The average molecular weight is 210 g/mol. The van der Waals surface area contributed by atoms with Crippen LogP contribution in [0.15, 0.2) is 0 Å². The van der Waals surface area contributed by atoms with Gasteiger partial charge in [0, 0.05) is 0 Å². The third-order valence-electron chi connectivity index (χ3n) is 4.80. The smallest absolute Gasteiger partial charge is 0.0300 e. The maximum Gasteiger partial charge on any atom is -0.0300 e. The maximum absolute atomic E-state index is 2.54. The first-order valence-electron chi connectivity index (χ1n) is 7.19. The Balaban J connectivity index is 2.49. The molecular weight excluding hydrogens is 180 g/mol. The van der Waals surface area contributed by atoms with Gasteiger partial charge in [-0.3, -0.25) is 0 Å². The molecule has 0 heterocycles. The minimum absolute atomic E-state index is 0.645. The van der Waals surface area contributed by atoms with Crippen molar-refractivity contribution in [2.24, 2.45) is 11.3 Å². The fourth-order valence-electron chi connectivity index (χ4n) is 3.05. The first kappa shape index (κ1) is 13.1. The second-order valence-corrected chi connectivity index (χ2v) is 5.94. The Morgan fingerprint density at radius 1 is 0.867 bits per heavy atom. The standard InChI is InChI=1S/C15H30/c1-4-14(2)15(3)12-10-8-6-5-7-9-11-13-15/h14H,4-13H2,1-3H3. The van der Waals surface area contributed by atoms with Crippen molar-refractivity contribution in [3.8, 4) is 0 Å². The van der Waals surface area contributed by atoms with Crippen LogP contribution in [0.25, 0.3) is 0 Å². The Hall–Kier alpha value is 0. The van der Waals surface area contributed by atoms with E-state index >= 15 is 0 Å². The summed E-state index contributed by atoms with van der Waals surface area (Å²) in [5.41, 5.74) is 0.645. The Morgan fingerprint density at radius 3 is 1.67 bits per heavy atom. The molecule has 1 fully saturated rings. The molecule has 1 atom stereocenters. The van der Waals surface area contributed by atoms with E-state index in [4.69, 9.17) is 0 Å². The van der Waals surface area contributed by atoms with Crippen LogP contribution in [-0.2, 0) is 0 Å². The Labute approximate surface area is 96.8 Å². The molecule has 0 N–H and O–H groups in total. The first-order chi connectivity index (χ1) is 7.19. The minimum Gasteiger partial charge on any atom is -0.0651 e. The number of rotatable bonds is 2. The van der Waals surface area contributed by atoms with Crippen LogP contribution in [0.2, 0.25) is 0 Å². The quantitative estimate of drug-likeness (QED) is 0.559. The molecule has 0 spiro atoms. The highest BCUT2D eigenvalue weighted by Gasteiger charge is 2.28. The molecule has 1 aliphatic carbocycles. The van der Waals surface area contributed by atoms with Crippen LogP contribution in [-0.4, -0.2) is 0 Å². The number of hydrogen-bond acceptors (Lipinski definition) is 0. The first-order valence-corrected chi connectivity index (χ1v) is 7.19. The monoisotopic (exact) mass is 210 g/mol. The van der Waals surface area contributed by atoms with Crippen molar-refractivity contribution in [1.29, 1.82) is 0 Å². The van der Waals surface area contributed by atoms with Gasteiger partial charge in [0.25, 0.3) is 0 Å². The van der Waals surface area contributed by atoms with Gasteiger partial charge in [-0.05, 0) is 24.2 Å². The molecule has 0 radical (unpaired) electrons. The summed E-state index contributed by atoms with van der Waals surface area (Å²) < 4.78 is 0. The summed E-state index contributed by atoms with van der Waals surface area (Å²) in [5, 5.41) is 0. The minimum atomic E-state index is 0.645. The van der Waals surface area contributed by atoms with Crippen molar-refractivity contribution in [1.82, 2.24) is 0 Å². The summed E-state index contributed by atoms with van der Waals surface area (Å²) >= 11 is 0. The van der Waals surface area contributed by atoms with E-state index in [2.05, 4.69) is 20.8 Å². The molecule has 1 rings (SSSR count). The van der Waals surface area contributed by atoms with Gasteiger partial charge in [-0.2, -0.15) is 0 Å². The molecule has 0 heteroatoms. The zero-order chi connectivity index (χ0) is 11.1.